The Hall–Kier alpha value is -3.59. The first-order chi connectivity index (χ1) is 14.0. The minimum Gasteiger partial charge on any atom is -0.426 e. The van der Waals surface area contributed by atoms with E-state index in [1.807, 2.05) is 6.07 Å². The van der Waals surface area contributed by atoms with Crippen LogP contribution in [0.3, 0.4) is 0 Å². The van der Waals surface area contributed by atoms with Gasteiger partial charge in [-0.3, -0.25) is 9.52 Å². The molecule has 1 aliphatic heterocycles. The Morgan fingerprint density at radius 2 is 1.69 bits per heavy atom. The highest BCUT2D eigenvalue weighted by Crippen LogP contribution is 2.30. The largest absolute Gasteiger partial charge is 0.426 e. The third kappa shape index (κ3) is 4.46. The number of nitrogens with one attached hydrogen (secondary N) is 1. The number of aromatic nitrogens is 1. The molecule has 0 bridgehead atoms. The van der Waals surface area contributed by atoms with Gasteiger partial charge in [0, 0.05) is 6.20 Å². The molecular weight excluding hydrogens is 392 g/mol. The zero-order valence-corrected chi connectivity index (χ0v) is 16.0. The summed E-state index contributed by atoms with van der Waals surface area (Å²) in [4.78, 5) is 15.4. The highest BCUT2D eigenvalue weighted by molar-refractivity contribution is 7.92. The van der Waals surface area contributed by atoms with Crippen LogP contribution in [0.4, 0.5) is 17.2 Å². The van der Waals surface area contributed by atoms with E-state index >= 15 is 0 Å². The lowest BCUT2D eigenvalue weighted by Crippen LogP contribution is -2.15. The Labute approximate surface area is 167 Å². The minimum absolute atomic E-state index is 0.0951. The molecule has 1 aliphatic rings. The zero-order valence-electron chi connectivity index (χ0n) is 15.1. The van der Waals surface area contributed by atoms with Crippen molar-refractivity contribution in [2.75, 3.05) is 4.72 Å². The first-order valence-corrected chi connectivity index (χ1v) is 10.3. The predicted octanol–water partition coefficient (Wildman–Crippen LogP) is 4.15. The van der Waals surface area contributed by atoms with Gasteiger partial charge in [0.2, 0.25) is 0 Å². The summed E-state index contributed by atoms with van der Waals surface area (Å²) in [6, 6.07) is 16.2. The molecular formula is C20H16N4O4S. The van der Waals surface area contributed by atoms with Gasteiger partial charge in [-0.25, -0.2) is 13.4 Å². The monoisotopic (exact) mass is 408 g/mol. The van der Waals surface area contributed by atoms with Crippen molar-refractivity contribution in [2.24, 2.45) is 10.2 Å². The van der Waals surface area contributed by atoms with Crippen molar-refractivity contribution < 1.29 is 17.9 Å². The zero-order chi connectivity index (χ0) is 20.3. The number of fused-ring (bicyclic) bond motifs is 1. The van der Waals surface area contributed by atoms with Crippen molar-refractivity contribution in [3.8, 4) is 5.75 Å². The number of hydrogen-bond acceptors (Lipinski definition) is 7. The summed E-state index contributed by atoms with van der Waals surface area (Å²) in [5.41, 5.74) is 2.03. The highest BCUT2D eigenvalue weighted by Gasteiger charge is 2.17. The molecule has 1 aromatic heterocycles. The lowest BCUT2D eigenvalue weighted by Gasteiger charge is -2.14. The smallest absolute Gasteiger partial charge is 0.311 e. The number of nitrogens with zero attached hydrogens (tertiary/aromatic N) is 3. The summed E-state index contributed by atoms with van der Waals surface area (Å²) in [6.07, 6.45) is 2.45. The van der Waals surface area contributed by atoms with Crippen molar-refractivity contribution in [2.45, 2.75) is 17.7 Å². The molecule has 0 amide bonds. The molecule has 0 aliphatic carbocycles. The van der Waals surface area contributed by atoms with Crippen LogP contribution >= 0.6 is 0 Å². The van der Waals surface area contributed by atoms with Gasteiger partial charge >= 0.3 is 5.97 Å². The van der Waals surface area contributed by atoms with E-state index in [1.165, 1.54) is 18.3 Å². The molecule has 146 valence electrons. The highest BCUT2D eigenvalue weighted by atomic mass is 32.2. The van der Waals surface area contributed by atoms with Crippen molar-refractivity contribution in [1.29, 1.82) is 0 Å². The van der Waals surface area contributed by atoms with Crippen LogP contribution in [-0.2, 0) is 21.2 Å². The molecule has 9 heteroatoms. The molecule has 0 saturated heterocycles. The summed E-state index contributed by atoms with van der Waals surface area (Å²) < 4.78 is 32.4. The number of ether oxygens (including phenoxy) is 1. The average Bonchev–Trinajstić information content (AvgIpc) is 2.73. The van der Waals surface area contributed by atoms with E-state index in [2.05, 4.69) is 19.9 Å². The third-order valence-electron chi connectivity index (χ3n) is 4.20. The maximum Gasteiger partial charge on any atom is 0.311 e. The molecule has 0 unspecified atom stereocenters. The Kier molecular flexibility index (Phi) is 5.05. The number of aryl methyl sites for hydroxylation is 1. The van der Waals surface area contributed by atoms with E-state index in [0.29, 0.717) is 30.0 Å². The summed E-state index contributed by atoms with van der Waals surface area (Å²) >= 11 is 0. The normalized spacial score (nSPS) is 13.7. The van der Waals surface area contributed by atoms with Crippen LogP contribution in [0.25, 0.3) is 0 Å². The van der Waals surface area contributed by atoms with Crippen molar-refractivity contribution in [3.05, 3.63) is 72.4 Å². The van der Waals surface area contributed by atoms with Crippen molar-refractivity contribution in [1.82, 2.24) is 4.98 Å². The number of benzene rings is 2. The lowest BCUT2D eigenvalue weighted by atomic mass is 10.1. The van der Waals surface area contributed by atoms with E-state index < -0.39 is 10.0 Å². The maximum absolute atomic E-state index is 12.4. The first kappa shape index (κ1) is 18.8. The molecule has 0 saturated carbocycles. The first-order valence-electron chi connectivity index (χ1n) is 8.79. The number of anilines is 1. The van der Waals surface area contributed by atoms with Gasteiger partial charge < -0.3 is 4.74 Å². The summed E-state index contributed by atoms with van der Waals surface area (Å²) in [5, 5.41) is 8.31. The van der Waals surface area contributed by atoms with Crippen molar-refractivity contribution in [3.63, 3.8) is 0 Å². The molecule has 0 atom stereocenters. The number of sulfonamides is 1. The third-order valence-corrected chi connectivity index (χ3v) is 5.57. The SMILES string of the molecule is O=C1CCc2cc(N=Nc3ccc(S(=O)(=O)Nc4ccccn4)cc3)ccc2O1. The van der Waals surface area contributed by atoms with Gasteiger partial charge in [-0.2, -0.15) is 10.2 Å². The average molecular weight is 408 g/mol. The van der Waals surface area contributed by atoms with Crippen LogP contribution in [0.2, 0.25) is 0 Å². The van der Waals surface area contributed by atoms with Crippen LogP contribution in [0.1, 0.15) is 12.0 Å². The number of carbonyl (C=O) groups excluding carboxylic acids is 1. The number of rotatable bonds is 5. The molecule has 4 rings (SSSR count). The predicted molar refractivity (Wildman–Crippen MR) is 106 cm³/mol. The number of esters is 1. The number of pyridine rings is 1. The van der Waals surface area contributed by atoms with Crippen LogP contribution in [0, 0.1) is 0 Å². The van der Waals surface area contributed by atoms with E-state index in [4.69, 9.17) is 4.74 Å². The van der Waals surface area contributed by atoms with E-state index in [9.17, 15) is 13.2 Å². The van der Waals surface area contributed by atoms with Gasteiger partial charge in [0.05, 0.1) is 22.7 Å². The fourth-order valence-electron chi connectivity index (χ4n) is 2.76. The summed E-state index contributed by atoms with van der Waals surface area (Å²) in [5.74, 6) is 0.559. The van der Waals surface area contributed by atoms with Crippen molar-refractivity contribution >= 4 is 33.2 Å². The molecule has 1 N–H and O–H groups in total. The Morgan fingerprint density at radius 1 is 0.931 bits per heavy atom. The molecule has 0 fully saturated rings. The van der Waals surface area contributed by atoms with Gasteiger partial charge in [0.25, 0.3) is 10.0 Å². The van der Waals surface area contributed by atoms with Gasteiger partial charge in [0.15, 0.2) is 0 Å². The molecule has 29 heavy (non-hydrogen) atoms. The Morgan fingerprint density at radius 3 is 2.45 bits per heavy atom. The molecule has 2 heterocycles. The number of hydrogen-bond donors (Lipinski definition) is 1. The Balaban J connectivity index is 1.47. The van der Waals surface area contributed by atoms with Crippen LogP contribution in [0.5, 0.6) is 5.75 Å². The summed E-state index contributed by atoms with van der Waals surface area (Å²) in [7, 11) is -3.74. The van der Waals surface area contributed by atoms with Gasteiger partial charge in [0.1, 0.15) is 11.6 Å². The molecule has 0 spiro atoms. The molecule has 3 aromatic rings. The van der Waals surface area contributed by atoms with E-state index in [1.54, 1.807) is 42.5 Å². The van der Waals surface area contributed by atoms with Gasteiger partial charge in [-0.1, -0.05) is 6.07 Å². The summed E-state index contributed by atoms with van der Waals surface area (Å²) in [6.45, 7) is 0. The standard InChI is InChI=1S/C20H16N4O4S/c25-20-11-4-14-13-16(7-10-18(14)28-20)23-22-15-5-8-17(9-6-15)29(26,27)24-19-3-1-2-12-21-19/h1-3,5-10,12-13H,4,11H2,(H,21,24). The fraction of sp³-hybridized carbons (Fsp3) is 0.100. The molecule has 2 aromatic carbocycles. The van der Waals surface area contributed by atoms with Crippen LogP contribution < -0.4 is 9.46 Å². The number of carbonyl (C=O) groups is 1. The van der Waals surface area contributed by atoms with E-state index in [-0.39, 0.29) is 16.7 Å². The molecule has 8 nitrogen and oxygen atoms in total. The topological polar surface area (TPSA) is 110 Å². The Bertz CT molecular complexity index is 1180. The second-order valence-electron chi connectivity index (χ2n) is 6.28. The van der Waals surface area contributed by atoms with Gasteiger partial charge in [-0.15, -0.1) is 0 Å². The van der Waals surface area contributed by atoms with E-state index in [0.717, 1.165) is 5.56 Å². The second-order valence-corrected chi connectivity index (χ2v) is 7.96. The minimum atomic E-state index is -3.74. The fourth-order valence-corrected chi connectivity index (χ4v) is 3.77. The maximum atomic E-state index is 12.4. The number of azo groups is 1. The van der Waals surface area contributed by atoms with Gasteiger partial charge in [-0.05, 0) is 66.6 Å². The van der Waals surface area contributed by atoms with Crippen LogP contribution in [-0.4, -0.2) is 19.4 Å². The molecule has 0 radical (unpaired) electrons. The lowest BCUT2D eigenvalue weighted by molar-refractivity contribution is -0.135. The van der Waals surface area contributed by atoms with Crippen LogP contribution in [0.15, 0.2) is 82.0 Å². The second kappa shape index (κ2) is 7.80. The quantitative estimate of drug-likeness (QED) is 0.387.